The number of pyridine rings is 1. The van der Waals surface area contributed by atoms with Crippen molar-refractivity contribution in [2.24, 2.45) is 11.8 Å². The number of ether oxygens (including phenoxy) is 1. The van der Waals surface area contributed by atoms with E-state index in [0.717, 1.165) is 29.7 Å². The summed E-state index contributed by atoms with van der Waals surface area (Å²) in [5.74, 6) is 1.70. The van der Waals surface area contributed by atoms with Crippen molar-refractivity contribution >= 4 is 11.6 Å². The van der Waals surface area contributed by atoms with Gasteiger partial charge in [-0.1, -0.05) is 66.2 Å². The Morgan fingerprint density at radius 1 is 0.971 bits per heavy atom. The van der Waals surface area contributed by atoms with Crippen molar-refractivity contribution in [2.75, 3.05) is 0 Å². The molecule has 2 aromatic carbocycles. The van der Waals surface area contributed by atoms with Crippen molar-refractivity contribution in [2.45, 2.75) is 19.4 Å². The highest BCUT2D eigenvalue weighted by Gasteiger charge is 2.21. The van der Waals surface area contributed by atoms with E-state index in [1.165, 1.54) is 18.0 Å². The first-order valence-corrected chi connectivity index (χ1v) is 11.9. The lowest BCUT2D eigenvalue weighted by molar-refractivity contribution is 0.289. The molecule has 2 atom stereocenters. The van der Waals surface area contributed by atoms with Gasteiger partial charge in [0.2, 0.25) is 5.88 Å². The fourth-order valence-electron chi connectivity index (χ4n) is 4.32. The van der Waals surface area contributed by atoms with E-state index in [2.05, 4.69) is 58.5 Å². The van der Waals surface area contributed by atoms with Crippen molar-refractivity contribution < 1.29 is 13.5 Å². The van der Waals surface area contributed by atoms with Crippen LogP contribution in [-0.4, -0.2) is 9.97 Å². The number of oxazole rings is 1. The van der Waals surface area contributed by atoms with Crippen LogP contribution < -0.4 is 4.74 Å². The van der Waals surface area contributed by atoms with Crippen molar-refractivity contribution in [1.82, 2.24) is 9.97 Å². The lowest BCUT2D eigenvalue weighted by Crippen LogP contribution is -2.17. The van der Waals surface area contributed by atoms with Gasteiger partial charge in [-0.2, -0.15) is 0 Å². The lowest BCUT2D eigenvalue weighted by Gasteiger charge is -2.23. The molecule has 1 aliphatic rings. The second kappa shape index (κ2) is 10.7. The van der Waals surface area contributed by atoms with Gasteiger partial charge >= 0.3 is 0 Å². The Labute approximate surface area is 208 Å². The second-order valence-electron chi connectivity index (χ2n) is 8.55. The number of nitrogens with zero attached hydrogens (tertiary/aromatic N) is 2. The zero-order valence-electron chi connectivity index (χ0n) is 19.0. The van der Waals surface area contributed by atoms with E-state index in [1.54, 1.807) is 24.5 Å². The summed E-state index contributed by atoms with van der Waals surface area (Å²) in [6, 6.07) is 16.8. The van der Waals surface area contributed by atoms with Gasteiger partial charge in [-0.25, -0.2) is 14.4 Å². The lowest BCUT2D eigenvalue weighted by atomic mass is 9.81. The highest BCUT2D eigenvalue weighted by molar-refractivity contribution is 6.30. The van der Waals surface area contributed by atoms with Crippen molar-refractivity contribution in [3.05, 3.63) is 125 Å². The van der Waals surface area contributed by atoms with Crippen molar-refractivity contribution in [1.29, 1.82) is 0 Å². The molecule has 2 unspecified atom stereocenters. The molecule has 1 aliphatic carbocycles. The molecule has 2 aromatic heterocycles. The van der Waals surface area contributed by atoms with Crippen LogP contribution in [0.15, 0.2) is 102 Å². The topological polar surface area (TPSA) is 48.2 Å². The van der Waals surface area contributed by atoms with Gasteiger partial charge in [-0.05, 0) is 53.6 Å². The summed E-state index contributed by atoms with van der Waals surface area (Å²) >= 11 is 5.85. The van der Waals surface area contributed by atoms with Gasteiger partial charge in [0.25, 0.3) is 0 Å². The maximum atomic E-state index is 14.1. The summed E-state index contributed by atoms with van der Waals surface area (Å²) in [5.41, 5.74) is 3.52. The number of rotatable bonds is 8. The predicted octanol–water partition coefficient (Wildman–Crippen LogP) is 7.25. The van der Waals surface area contributed by atoms with E-state index in [0.29, 0.717) is 28.3 Å². The van der Waals surface area contributed by atoms with Crippen LogP contribution >= 0.6 is 11.6 Å². The summed E-state index contributed by atoms with van der Waals surface area (Å²) in [6.45, 7) is 0.0687. The standard InChI is InChI=1S/C29H24ClFN2O2/c30-25-12-11-24(28(31)16-25)18-34-29-27(6-3-13-33-29)21-9-7-20(8-10-21)14-22-4-1-2-5-23(22)15-26-17-32-19-35-26/h1-13,16-17,19,22-23H,14-15,18H2. The van der Waals surface area contributed by atoms with Crippen LogP contribution in [0.1, 0.15) is 16.9 Å². The van der Waals surface area contributed by atoms with E-state index in [-0.39, 0.29) is 6.61 Å². The van der Waals surface area contributed by atoms with Crippen LogP contribution in [0.5, 0.6) is 5.88 Å². The van der Waals surface area contributed by atoms with Crippen LogP contribution in [0.2, 0.25) is 5.02 Å². The number of aromatic nitrogens is 2. The SMILES string of the molecule is Fc1cc(Cl)ccc1COc1ncccc1-c1ccc(CC2C=CC=CC2Cc2cnco2)cc1. The van der Waals surface area contributed by atoms with Gasteiger partial charge in [-0.3, -0.25) is 0 Å². The molecule has 0 saturated heterocycles. The van der Waals surface area contributed by atoms with Gasteiger partial charge < -0.3 is 9.15 Å². The third kappa shape index (κ3) is 5.69. The molecule has 0 fully saturated rings. The largest absolute Gasteiger partial charge is 0.472 e. The molecule has 6 heteroatoms. The molecule has 4 aromatic rings. The molecule has 2 heterocycles. The van der Waals surface area contributed by atoms with E-state index < -0.39 is 5.82 Å². The summed E-state index contributed by atoms with van der Waals surface area (Å²) in [5, 5.41) is 0.355. The van der Waals surface area contributed by atoms with Crippen LogP contribution in [0.4, 0.5) is 4.39 Å². The molecular formula is C29H24ClFN2O2. The van der Waals surface area contributed by atoms with E-state index in [1.807, 2.05) is 12.1 Å². The Kier molecular flexibility index (Phi) is 7.05. The average molecular weight is 487 g/mol. The maximum Gasteiger partial charge on any atom is 0.221 e. The highest BCUT2D eigenvalue weighted by atomic mass is 35.5. The van der Waals surface area contributed by atoms with Gasteiger partial charge in [0.05, 0.1) is 6.20 Å². The Morgan fingerprint density at radius 3 is 2.51 bits per heavy atom. The molecule has 5 rings (SSSR count). The molecule has 0 bridgehead atoms. The molecule has 35 heavy (non-hydrogen) atoms. The van der Waals surface area contributed by atoms with Crippen LogP contribution in [0, 0.1) is 17.7 Å². The maximum absolute atomic E-state index is 14.1. The molecule has 0 aliphatic heterocycles. The first kappa shape index (κ1) is 23.1. The predicted molar refractivity (Wildman–Crippen MR) is 135 cm³/mol. The Hall–Kier alpha value is -3.70. The highest BCUT2D eigenvalue weighted by Crippen LogP contribution is 2.31. The normalized spacial score (nSPS) is 17.0. The Balaban J connectivity index is 1.28. The Bertz CT molecular complexity index is 1330. The number of hydrogen-bond donors (Lipinski definition) is 0. The minimum Gasteiger partial charge on any atom is -0.472 e. The van der Waals surface area contributed by atoms with Gasteiger partial charge in [0.1, 0.15) is 18.2 Å². The van der Waals surface area contributed by atoms with Crippen molar-refractivity contribution in [3.8, 4) is 17.0 Å². The van der Waals surface area contributed by atoms with Crippen molar-refractivity contribution in [3.63, 3.8) is 0 Å². The first-order valence-electron chi connectivity index (χ1n) is 11.5. The minimum absolute atomic E-state index is 0.0687. The molecule has 0 N–H and O–H groups in total. The fraction of sp³-hybridized carbons (Fsp3) is 0.172. The number of allylic oxidation sites excluding steroid dienone is 4. The zero-order valence-corrected chi connectivity index (χ0v) is 19.7. The van der Waals surface area contributed by atoms with Crippen LogP contribution in [0.25, 0.3) is 11.1 Å². The Morgan fingerprint density at radius 2 is 1.77 bits per heavy atom. The molecule has 0 amide bonds. The monoisotopic (exact) mass is 486 g/mol. The molecule has 0 saturated carbocycles. The smallest absolute Gasteiger partial charge is 0.221 e. The van der Waals surface area contributed by atoms with Gasteiger partial charge in [0.15, 0.2) is 6.39 Å². The molecule has 176 valence electrons. The average Bonchev–Trinajstić information content (AvgIpc) is 3.39. The summed E-state index contributed by atoms with van der Waals surface area (Å²) in [7, 11) is 0. The van der Waals surface area contributed by atoms with E-state index >= 15 is 0 Å². The summed E-state index contributed by atoms with van der Waals surface area (Å²) < 4.78 is 25.5. The van der Waals surface area contributed by atoms with Crippen LogP contribution in [-0.2, 0) is 19.4 Å². The molecule has 0 radical (unpaired) electrons. The quantitative estimate of drug-likeness (QED) is 0.263. The van der Waals surface area contributed by atoms with E-state index in [9.17, 15) is 4.39 Å². The molecule has 0 spiro atoms. The minimum atomic E-state index is -0.396. The molecular weight excluding hydrogens is 463 g/mol. The number of hydrogen-bond acceptors (Lipinski definition) is 4. The van der Waals surface area contributed by atoms with Gasteiger partial charge in [-0.15, -0.1) is 0 Å². The fourth-order valence-corrected chi connectivity index (χ4v) is 4.47. The molecule has 4 nitrogen and oxygen atoms in total. The third-order valence-electron chi connectivity index (χ3n) is 6.19. The zero-order chi connectivity index (χ0) is 24.0. The van der Waals surface area contributed by atoms with E-state index in [4.69, 9.17) is 20.8 Å². The summed E-state index contributed by atoms with van der Waals surface area (Å²) in [4.78, 5) is 8.41. The third-order valence-corrected chi connectivity index (χ3v) is 6.42. The second-order valence-corrected chi connectivity index (χ2v) is 8.99. The number of benzene rings is 2. The van der Waals surface area contributed by atoms with Gasteiger partial charge in [0, 0.05) is 28.8 Å². The first-order chi connectivity index (χ1) is 17.2. The summed E-state index contributed by atoms with van der Waals surface area (Å²) in [6.07, 6.45) is 15.4. The number of halogens is 2. The van der Waals surface area contributed by atoms with Crippen LogP contribution in [0.3, 0.4) is 0 Å².